The van der Waals surface area contributed by atoms with E-state index in [1.165, 1.54) is 10.7 Å². The van der Waals surface area contributed by atoms with Gasteiger partial charge in [-0.3, -0.25) is 14.5 Å². The smallest absolute Gasteiger partial charge is 0.246 e. The van der Waals surface area contributed by atoms with Gasteiger partial charge in [0, 0.05) is 44.4 Å². The number of amides is 2. The highest BCUT2D eigenvalue weighted by atomic mass is 19.1. The van der Waals surface area contributed by atoms with Crippen molar-refractivity contribution < 1.29 is 14.0 Å². The highest BCUT2D eigenvalue weighted by molar-refractivity contribution is 5.97. The van der Waals surface area contributed by atoms with E-state index < -0.39 is 12.1 Å². The van der Waals surface area contributed by atoms with Gasteiger partial charge in [-0.15, -0.1) is 0 Å². The Hall–Kier alpha value is -3.52. The quantitative estimate of drug-likeness (QED) is 0.666. The third kappa shape index (κ3) is 4.01. The number of nitrogens with zero attached hydrogens (tertiary/aromatic N) is 4. The van der Waals surface area contributed by atoms with Crippen LogP contribution in [0.3, 0.4) is 0 Å². The zero-order valence-corrected chi connectivity index (χ0v) is 17.5. The molecule has 5 rings (SSSR count). The molecule has 3 heterocycles. The lowest BCUT2D eigenvalue weighted by Gasteiger charge is -2.45. The number of carbonyl (C=O) groups is 2. The Bertz CT molecular complexity index is 1130. The molecule has 0 spiro atoms. The van der Waals surface area contributed by atoms with Gasteiger partial charge >= 0.3 is 0 Å². The Morgan fingerprint density at radius 1 is 1.00 bits per heavy atom. The first kappa shape index (κ1) is 20.4. The van der Waals surface area contributed by atoms with Crippen LogP contribution in [-0.2, 0) is 22.6 Å². The first-order valence-corrected chi connectivity index (χ1v) is 10.7. The van der Waals surface area contributed by atoms with E-state index in [-0.39, 0.29) is 17.6 Å². The molecule has 0 bridgehead atoms. The summed E-state index contributed by atoms with van der Waals surface area (Å²) in [5.74, 6) is -0.471. The van der Waals surface area contributed by atoms with Crippen LogP contribution in [0.2, 0.25) is 0 Å². The molecular weight excluding hydrogens is 409 g/mol. The Balaban J connectivity index is 1.24. The summed E-state index contributed by atoms with van der Waals surface area (Å²) >= 11 is 0. The molecule has 2 amide bonds. The van der Waals surface area contributed by atoms with Crippen LogP contribution >= 0.6 is 0 Å². The number of hydrogen-bond acceptors (Lipinski definition) is 4. The molecule has 0 unspecified atom stereocenters. The Morgan fingerprint density at radius 3 is 2.59 bits per heavy atom. The molecule has 164 valence electrons. The van der Waals surface area contributed by atoms with E-state index in [0.717, 1.165) is 11.1 Å². The molecule has 2 aliphatic rings. The number of piperazine rings is 2. The van der Waals surface area contributed by atoms with Gasteiger partial charge in [-0.05, 0) is 17.7 Å². The predicted molar refractivity (Wildman–Crippen MR) is 116 cm³/mol. The maximum atomic E-state index is 14.0. The summed E-state index contributed by atoms with van der Waals surface area (Å²) in [6, 6.07) is 15.2. The summed E-state index contributed by atoms with van der Waals surface area (Å²) in [4.78, 5) is 29.7. The number of carbonyl (C=O) groups excluding carboxylic acids is 2. The highest BCUT2D eigenvalue weighted by Gasteiger charge is 2.43. The van der Waals surface area contributed by atoms with Gasteiger partial charge in [-0.25, -0.2) is 9.07 Å². The maximum absolute atomic E-state index is 14.0. The highest BCUT2D eigenvalue weighted by Crippen LogP contribution is 2.20. The number of nitrogens with one attached hydrogen (secondary N) is 1. The van der Waals surface area contributed by atoms with E-state index >= 15 is 0 Å². The fourth-order valence-electron chi connectivity index (χ4n) is 4.46. The van der Waals surface area contributed by atoms with Crippen LogP contribution < -0.4 is 5.32 Å². The first-order chi connectivity index (χ1) is 15.6. The van der Waals surface area contributed by atoms with Crippen LogP contribution in [0.15, 0.2) is 67.0 Å². The molecule has 0 aliphatic carbocycles. The van der Waals surface area contributed by atoms with Crippen LogP contribution in [0.4, 0.5) is 4.39 Å². The summed E-state index contributed by atoms with van der Waals surface area (Å²) in [7, 11) is 0. The van der Waals surface area contributed by atoms with Gasteiger partial charge < -0.3 is 10.2 Å². The minimum absolute atomic E-state index is 0.0227. The number of benzene rings is 2. The molecule has 0 radical (unpaired) electrons. The minimum atomic E-state index is -0.522. The van der Waals surface area contributed by atoms with Gasteiger partial charge in [-0.2, -0.15) is 5.10 Å². The third-order valence-electron chi connectivity index (χ3n) is 6.09. The molecular formula is C24H24FN5O2. The molecule has 3 aromatic rings. The molecule has 32 heavy (non-hydrogen) atoms. The van der Waals surface area contributed by atoms with Crippen molar-refractivity contribution in [2.45, 2.75) is 25.0 Å². The van der Waals surface area contributed by atoms with Crippen molar-refractivity contribution in [2.24, 2.45) is 0 Å². The second-order valence-corrected chi connectivity index (χ2v) is 8.28. The molecule has 2 aromatic carbocycles. The van der Waals surface area contributed by atoms with Gasteiger partial charge in [-0.1, -0.05) is 42.5 Å². The van der Waals surface area contributed by atoms with Gasteiger partial charge in [0.1, 0.15) is 23.6 Å². The fourth-order valence-corrected chi connectivity index (χ4v) is 4.46. The van der Waals surface area contributed by atoms with E-state index in [4.69, 9.17) is 0 Å². The topological polar surface area (TPSA) is 70.5 Å². The molecule has 2 atom stereocenters. The van der Waals surface area contributed by atoms with E-state index in [9.17, 15) is 14.0 Å². The van der Waals surface area contributed by atoms with Crippen molar-refractivity contribution in [3.8, 4) is 5.69 Å². The lowest BCUT2D eigenvalue weighted by Crippen LogP contribution is -2.69. The van der Waals surface area contributed by atoms with Crippen molar-refractivity contribution in [3.05, 3.63) is 83.9 Å². The van der Waals surface area contributed by atoms with Gasteiger partial charge in [0.15, 0.2) is 0 Å². The minimum Gasteiger partial charge on any atom is -0.342 e. The largest absolute Gasteiger partial charge is 0.342 e. The lowest BCUT2D eigenvalue weighted by atomic mass is 9.98. The van der Waals surface area contributed by atoms with Crippen molar-refractivity contribution in [1.82, 2.24) is 24.9 Å². The molecule has 1 aromatic heterocycles. The second kappa shape index (κ2) is 8.55. The number of para-hydroxylation sites is 1. The first-order valence-electron chi connectivity index (χ1n) is 10.7. The number of fused-ring (bicyclic) bond motifs is 1. The summed E-state index contributed by atoms with van der Waals surface area (Å²) in [5, 5.41) is 7.19. The number of halogens is 1. The van der Waals surface area contributed by atoms with E-state index in [1.807, 2.05) is 30.3 Å². The number of aromatic nitrogens is 2. The number of hydrogen-bond donors (Lipinski definition) is 1. The molecule has 8 heteroatoms. The summed E-state index contributed by atoms with van der Waals surface area (Å²) in [6.07, 6.45) is 4.00. The zero-order valence-electron chi connectivity index (χ0n) is 17.5. The zero-order chi connectivity index (χ0) is 22.1. The SMILES string of the molecule is O=C1N[C@@H](Cc2ccccc2)C(=O)N2CCN(Cc3cnn(-c4ccccc4F)c3)C[C@H]12. The Labute approximate surface area is 185 Å². The van der Waals surface area contributed by atoms with Crippen molar-refractivity contribution in [2.75, 3.05) is 19.6 Å². The standard InChI is InChI=1S/C24H24FN5O2/c25-19-8-4-5-9-21(19)30-15-18(13-26-30)14-28-10-11-29-22(16-28)23(31)27-20(24(29)32)12-17-6-2-1-3-7-17/h1-9,13,15,20,22H,10-12,14,16H2,(H,27,31)/t20-,22+/m0/s1. The van der Waals surface area contributed by atoms with Crippen molar-refractivity contribution in [3.63, 3.8) is 0 Å². The van der Waals surface area contributed by atoms with Crippen LogP contribution in [0.1, 0.15) is 11.1 Å². The Morgan fingerprint density at radius 2 is 1.78 bits per heavy atom. The van der Waals surface area contributed by atoms with Gasteiger partial charge in [0.05, 0.1) is 6.20 Å². The third-order valence-corrected chi connectivity index (χ3v) is 6.09. The van der Waals surface area contributed by atoms with Crippen molar-refractivity contribution >= 4 is 11.8 Å². The van der Waals surface area contributed by atoms with Crippen LogP contribution in [0.5, 0.6) is 0 Å². The van der Waals surface area contributed by atoms with Crippen LogP contribution in [0.25, 0.3) is 5.69 Å². The van der Waals surface area contributed by atoms with E-state index in [2.05, 4.69) is 15.3 Å². The van der Waals surface area contributed by atoms with Crippen LogP contribution in [-0.4, -0.2) is 63.1 Å². The molecule has 1 N–H and O–H groups in total. The molecule has 0 saturated carbocycles. The molecule has 7 nitrogen and oxygen atoms in total. The van der Waals surface area contributed by atoms with Gasteiger partial charge in [0.25, 0.3) is 0 Å². The predicted octanol–water partition coefficient (Wildman–Crippen LogP) is 1.77. The fraction of sp³-hybridized carbons (Fsp3) is 0.292. The van der Waals surface area contributed by atoms with Crippen LogP contribution in [0, 0.1) is 5.82 Å². The van der Waals surface area contributed by atoms with Crippen molar-refractivity contribution in [1.29, 1.82) is 0 Å². The molecule has 2 aliphatic heterocycles. The average Bonchev–Trinajstić information content (AvgIpc) is 3.26. The van der Waals surface area contributed by atoms with Gasteiger partial charge in [0.2, 0.25) is 11.8 Å². The average molecular weight is 433 g/mol. The molecule has 2 saturated heterocycles. The summed E-state index contributed by atoms with van der Waals surface area (Å²) in [5.41, 5.74) is 2.34. The second-order valence-electron chi connectivity index (χ2n) is 8.28. The monoisotopic (exact) mass is 433 g/mol. The lowest BCUT2D eigenvalue weighted by molar-refractivity contribution is -0.153. The van der Waals surface area contributed by atoms with E-state index in [1.54, 1.807) is 35.5 Å². The van der Waals surface area contributed by atoms with E-state index in [0.29, 0.717) is 38.3 Å². The Kier molecular flexibility index (Phi) is 5.45. The normalized spacial score (nSPS) is 21.3. The summed E-state index contributed by atoms with van der Waals surface area (Å²) < 4.78 is 15.5. The maximum Gasteiger partial charge on any atom is 0.246 e. The number of rotatable bonds is 5. The molecule has 2 fully saturated rings. The summed E-state index contributed by atoms with van der Waals surface area (Å²) in [6.45, 7) is 2.20.